The highest BCUT2D eigenvalue weighted by Crippen LogP contribution is 2.26. The SMILES string of the molecule is CCc1ccccc1-c1ccc(OS(=N)(=O)C#N)cc1. The molecule has 0 saturated heterocycles. The minimum Gasteiger partial charge on any atom is -0.386 e. The molecule has 0 heterocycles. The van der Waals surface area contributed by atoms with Gasteiger partial charge in [0.15, 0.2) is 0 Å². The highest BCUT2D eigenvalue weighted by atomic mass is 32.2. The number of nitriles is 1. The summed E-state index contributed by atoms with van der Waals surface area (Å²) in [5.41, 5.74) is 3.39. The summed E-state index contributed by atoms with van der Waals surface area (Å²) in [7, 11) is -3.66. The van der Waals surface area contributed by atoms with E-state index >= 15 is 0 Å². The van der Waals surface area contributed by atoms with Gasteiger partial charge in [-0.15, -0.1) is 0 Å². The lowest BCUT2D eigenvalue weighted by atomic mass is 9.98. The monoisotopic (exact) mass is 286 g/mol. The van der Waals surface area contributed by atoms with Gasteiger partial charge in [-0.05, 0) is 35.2 Å². The second-order valence-electron chi connectivity index (χ2n) is 4.21. The first-order chi connectivity index (χ1) is 9.55. The second kappa shape index (κ2) is 5.76. The molecule has 0 radical (unpaired) electrons. The summed E-state index contributed by atoms with van der Waals surface area (Å²) < 4.78 is 23.2. The number of nitrogens with zero attached hydrogens (tertiary/aromatic N) is 1. The van der Waals surface area contributed by atoms with E-state index in [2.05, 4.69) is 13.0 Å². The van der Waals surface area contributed by atoms with Crippen LogP contribution in [-0.4, -0.2) is 4.21 Å². The summed E-state index contributed by atoms with van der Waals surface area (Å²) in [6.07, 6.45) is 0.934. The summed E-state index contributed by atoms with van der Waals surface area (Å²) in [6.45, 7) is 2.10. The van der Waals surface area contributed by atoms with E-state index < -0.39 is 10.0 Å². The van der Waals surface area contributed by atoms with Gasteiger partial charge in [0.25, 0.3) is 0 Å². The number of nitrogens with one attached hydrogen (secondary N) is 1. The van der Waals surface area contributed by atoms with E-state index in [0.29, 0.717) is 0 Å². The van der Waals surface area contributed by atoms with Crippen LogP contribution in [0.2, 0.25) is 0 Å². The van der Waals surface area contributed by atoms with Gasteiger partial charge < -0.3 is 4.18 Å². The third-order valence-electron chi connectivity index (χ3n) is 2.90. The van der Waals surface area contributed by atoms with E-state index in [-0.39, 0.29) is 5.75 Å². The van der Waals surface area contributed by atoms with Gasteiger partial charge in [-0.3, -0.25) is 0 Å². The lowest BCUT2D eigenvalue weighted by molar-refractivity contribution is 0.558. The molecule has 0 amide bonds. The Kier molecular flexibility index (Phi) is 4.06. The fraction of sp³-hybridized carbons (Fsp3) is 0.133. The molecule has 20 heavy (non-hydrogen) atoms. The van der Waals surface area contributed by atoms with E-state index in [1.807, 2.05) is 30.3 Å². The van der Waals surface area contributed by atoms with Crippen molar-refractivity contribution in [2.75, 3.05) is 0 Å². The molecule has 0 aliphatic rings. The van der Waals surface area contributed by atoms with Gasteiger partial charge in [-0.25, -0.2) is 4.78 Å². The Morgan fingerprint density at radius 2 is 1.85 bits per heavy atom. The largest absolute Gasteiger partial charge is 0.386 e. The predicted molar refractivity (Wildman–Crippen MR) is 78.4 cm³/mol. The van der Waals surface area contributed by atoms with Gasteiger partial charge in [0.2, 0.25) is 5.40 Å². The summed E-state index contributed by atoms with van der Waals surface area (Å²) in [6, 6.07) is 15.0. The maximum atomic E-state index is 11.3. The number of thiocyanates is 1. The molecule has 1 unspecified atom stereocenters. The van der Waals surface area contributed by atoms with Crippen molar-refractivity contribution >= 4 is 10.0 Å². The summed E-state index contributed by atoms with van der Waals surface area (Å²) in [4.78, 5) is 0. The van der Waals surface area contributed by atoms with Gasteiger partial charge >= 0.3 is 10.0 Å². The minimum atomic E-state index is -3.66. The zero-order chi connectivity index (χ0) is 14.6. The smallest absolute Gasteiger partial charge is 0.301 e. The fourth-order valence-electron chi connectivity index (χ4n) is 1.95. The van der Waals surface area contributed by atoms with E-state index in [1.54, 1.807) is 12.1 Å². The highest BCUT2D eigenvalue weighted by Gasteiger charge is 2.07. The first-order valence-electron chi connectivity index (χ1n) is 6.13. The molecule has 2 aromatic carbocycles. The van der Waals surface area contributed by atoms with Crippen molar-refractivity contribution in [1.82, 2.24) is 0 Å². The Morgan fingerprint density at radius 1 is 1.20 bits per heavy atom. The van der Waals surface area contributed by atoms with Gasteiger partial charge in [-0.2, -0.15) is 9.47 Å². The van der Waals surface area contributed by atoms with E-state index in [4.69, 9.17) is 14.2 Å². The van der Waals surface area contributed by atoms with Gasteiger partial charge in [0, 0.05) is 0 Å². The average molecular weight is 286 g/mol. The minimum absolute atomic E-state index is 0.254. The highest BCUT2D eigenvalue weighted by molar-refractivity contribution is 7.92. The number of aryl methyl sites for hydroxylation is 1. The molecule has 0 fully saturated rings. The zero-order valence-corrected chi connectivity index (χ0v) is 11.8. The Labute approximate surface area is 118 Å². The van der Waals surface area contributed by atoms with E-state index in [9.17, 15) is 4.21 Å². The van der Waals surface area contributed by atoms with Gasteiger partial charge in [0.1, 0.15) is 5.75 Å². The van der Waals surface area contributed by atoms with Crippen molar-refractivity contribution in [2.24, 2.45) is 0 Å². The number of hydrogen-bond donors (Lipinski definition) is 1. The lowest BCUT2D eigenvalue weighted by Gasteiger charge is -2.09. The second-order valence-corrected chi connectivity index (χ2v) is 5.57. The van der Waals surface area contributed by atoms with Crippen LogP contribution in [0.3, 0.4) is 0 Å². The van der Waals surface area contributed by atoms with Crippen LogP contribution in [0.5, 0.6) is 5.75 Å². The van der Waals surface area contributed by atoms with Crippen molar-refractivity contribution in [3.8, 4) is 22.3 Å². The quantitative estimate of drug-likeness (QED) is 0.870. The van der Waals surface area contributed by atoms with Gasteiger partial charge in [-0.1, -0.05) is 43.3 Å². The maximum Gasteiger partial charge on any atom is 0.301 e. The Bertz CT molecular complexity index is 744. The molecule has 2 rings (SSSR count). The molecule has 0 saturated carbocycles. The Balaban J connectivity index is 2.31. The summed E-state index contributed by atoms with van der Waals surface area (Å²) in [5.74, 6) is 0.254. The maximum absolute atomic E-state index is 11.3. The van der Waals surface area contributed by atoms with Crippen molar-refractivity contribution in [1.29, 1.82) is 10.0 Å². The van der Waals surface area contributed by atoms with Gasteiger partial charge in [0.05, 0.1) is 0 Å². The molecule has 2 aromatic rings. The normalized spacial score (nSPS) is 13.2. The first kappa shape index (κ1) is 14.1. The van der Waals surface area contributed by atoms with E-state index in [1.165, 1.54) is 11.0 Å². The molecule has 0 aromatic heterocycles. The zero-order valence-electron chi connectivity index (χ0n) is 11.0. The number of benzene rings is 2. The molecule has 0 spiro atoms. The van der Waals surface area contributed by atoms with Crippen LogP contribution < -0.4 is 4.18 Å². The number of rotatable bonds is 4. The van der Waals surface area contributed by atoms with Crippen LogP contribution in [0.4, 0.5) is 0 Å². The first-order valence-corrected chi connectivity index (χ1v) is 7.61. The van der Waals surface area contributed by atoms with Crippen LogP contribution in [0.15, 0.2) is 48.5 Å². The van der Waals surface area contributed by atoms with Crippen molar-refractivity contribution in [3.05, 3.63) is 54.1 Å². The van der Waals surface area contributed by atoms with Crippen molar-refractivity contribution in [2.45, 2.75) is 13.3 Å². The van der Waals surface area contributed by atoms with Crippen LogP contribution in [-0.2, 0) is 16.4 Å². The van der Waals surface area contributed by atoms with Crippen LogP contribution in [0.25, 0.3) is 11.1 Å². The van der Waals surface area contributed by atoms with E-state index in [0.717, 1.165) is 17.5 Å². The van der Waals surface area contributed by atoms with Crippen LogP contribution in [0, 0.1) is 15.4 Å². The molecular formula is C15H14N2O2S. The summed E-state index contributed by atoms with van der Waals surface area (Å²) in [5, 5.41) is 9.84. The molecule has 0 bridgehead atoms. The molecule has 4 nitrogen and oxygen atoms in total. The predicted octanol–water partition coefficient (Wildman–Crippen LogP) is 3.74. The van der Waals surface area contributed by atoms with Crippen molar-refractivity contribution < 1.29 is 8.39 Å². The molecule has 1 N–H and O–H groups in total. The average Bonchev–Trinajstić information content (AvgIpc) is 2.48. The fourth-order valence-corrected chi connectivity index (χ4v) is 2.37. The Hall–Kier alpha value is -2.32. The molecule has 1 atom stereocenters. The lowest BCUT2D eigenvalue weighted by Crippen LogP contribution is -2.03. The van der Waals surface area contributed by atoms with Crippen molar-refractivity contribution in [3.63, 3.8) is 0 Å². The number of hydrogen-bond acceptors (Lipinski definition) is 4. The molecular weight excluding hydrogens is 272 g/mol. The molecule has 102 valence electrons. The standard InChI is InChI=1S/C15H14N2O2S/c1-2-12-5-3-4-6-15(12)13-7-9-14(10-8-13)19-20(17,18)11-16/h3-10,17H,2H2,1H3. The third-order valence-corrected chi connectivity index (χ3v) is 3.56. The molecule has 0 aliphatic carbocycles. The van der Waals surface area contributed by atoms with Crippen LogP contribution >= 0.6 is 0 Å². The third kappa shape index (κ3) is 3.16. The molecule has 0 aliphatic heterocycles. The Morgan fingerprint density at radius 3 is 2.45 bits per heavy atom. The molecule has 5 heteroatoms. The van der Waals surface area contributed by atoms with Crippen LogP contribution in [0.1, 0.15) is 12.5 Å². The topological polar surface area (TPSA) is 73.9 Å². The summed E-state index contributed by atoms with van der Waals surface area (Å²) >= 11 is 0.